The molecule has 0 aliphatic carbocycles. The van der Waals surface area contributed by atoms with Gasteiger partial charge in [-0.15, -0.1) is 11.3 Å². The lowest BCUT2D eigenvalue weighted by Gasteiger charge is -2.33. The molecule has 0 amide bonds. The number of piperidine rings is 1. The van der Waals surface area contributed by atoms with E-state index in [2.05, 4.69) is 4.98 Å². The normalized spacial score (nSPS) is 25.4. The first kappa shape index (κ1) is 14.4. The predicted molar refractivity (Wildman–Crippen MR) is 70.8 cm³/mol. The molecule has 2 heterocycles. The maximum atomic E-state index is 12.5. The third-order valence-electron chi connectivity index (χ3n) is 3.15. The summed E-state index contributed by atoms with van der Waals surface area (Å²) in [6, 6.07) is 0. The van der Waals surface area contributed by atoms with Crippen LogP contribution in [0.2, 0.25) is 0 Å². The second-order valence-electron chi connectivity index (χ2n) is 5.06. The molecule has 0 saturated carbocycles. The number of thiazole rings is 1. The Bertz CT molecular complexity index is 571. The summed E-state index contributed by atoms with van der Waals surface area (Å²) in [6.45, 7) is 4.87. The minimum Gasteiger partial charge on any atom is -0.476 e. The molecule has 1 saturated heterocycles. The standard InChI is InChI=1S/C11H16N2O4S2/c1-7-3-8(2)5-13(4-7)19(16,17)11-9(10(14)15)12-6-18-11/h6-8H,3-5H2,1-2H3,(H,14,15). The van der Waals surface area contributed by atoms with E-state index in [4.69, 9.17) is 5.11 Å². The van der Waals surface area contributed by atoms with Gasteiger partial charge in [-0.05, 0) is 18.3 Å². The number of nitrogens with zero attached hydrogens (tertiary/aromatic N) is 2. The number of aromatic nitrogens is 1. The van der Waals surface area contributed by atoms with Crippen LogP contribution in [0.25, 0.3) is 0 Å². The summed E-state index contributed by atoms with van der Waals surface area (Å²) in [5.74, 6) is -0.752. The Morgan fingerprint density at radius 1 is 1.42 bits per heavy atom. The second kappa shape index (κ2) is 5.18. The van der Waals surface area contributed by atoms with Gasteiger partial charge in [-0.3, -0.25) is 0 Å². The van der Waals surface area contributed by atoms with E-state index in [-0.39, 0.29) is 21.7 Å². The van der Waals surface area contributed by atoms with E-state index >= 15 is 0 Å². The van der Waals surface area contributed by atoms with Crippen molar-refractivity contribution in [3.05, 3.63) is 11.2 Å². The van der Waals surface area contributed by atoms with E-state index < -0.39 is 16.0 Å². The van der Waals surface area contributed by atoms with Crippen LogP contribution in [0, 0.1) is 11.8 Å². The number of aromatic carboxylic acids is 1. The summed E-state index contributed by atoms with van der Waals surface area (Å²) in [5, 5.41) is 8.98. The van der Waals surface area contributed by atoms with Gasteiger partial charge >= 0.3 is 5.97 Å². The van der Waals surface area contributed by atoms with Crippen molar-refractivity contribution in [2.24, 2.45) is 11.8 Å². The molecular formula is C11H16N2O4S2. The zero-order chi connectivity index (χ0) is 14.2. The minimum atomic E-state index is -3.75. The maximum Gasteiger partial charge on any atom is 0.356 e. The minimum absolute atomic E-state index is 0.165. The average molecular weight is 304 g/mol. The van der Waals surface area contributed by atoms with Crippen LogP contribution in [-0.2, 0) is 10.0 Å². The van der Waals surface area contributed by atoms with E-state index in [0.717, 1.165) is 17.8 Å². The van der Waals surface area contributed by atoms with Crippen molar-refractivity contribution in [2.75, 3.05) is 13.1 Å². The molecule has 2 atom stereocenters. The van der Waals surface area contributed by atoms with Gasteiger partial charge in [-0.2, -0.15) is 4.31 Å². The first-order valence-corrected chi connectivity index (χ1v) is 8.31. The van der Waals surface area contributed by atoms with E-state index in [9.17, 15) is 13.2 Å². The third kappa shape index (κ3) is 2.80. The summed E-state index contributed by atoms with van der Waals surface area (Å²) in [7, 11) is -3.75. The number of hydrogen-bond donors (Lipinski definition) is 1. The van der Waals surface area contributed by atoms with Crippen LogP contribution in [0.4, 0.5) is 0 Å². The first-order valence-electron chi connectivity index (χ1n) is 5.99. The molecule has 0 bridgehead atoms. The Kier molecular flexibility index (Phi) is 3.93. The van der Waals surface area contributed by atoms with Gasteiger partial charge in [0.25, 0.3) is 10.0 Å². The van der Waals surface area contributed by atoms with Gasteiger partial charge in [-0.25, -0.2) is 18.2 Å². The topological polar surface area (TPSA) is 87.6 Å². The van der Waals surface area contributed by atoms with Gasteiger partial charge in [-0.1, -0.05) is 13.8 Å². The van der Waals surface area contributed by atoms with E-state index in [1.165, 1.54) is 9.82 Å². The first-order chi connectivity index (χ1) is 8.82. The highest BCUT2D eigenvalue weighted by molar-refractivity contribution is 7.91. The molecule has 6 nitrogen and oxygen atoms in total. The summed E-state index contributed by atoms with van der Waals surface area (Å²) < 4.78 is 26.2. The van der Waals surface area contributed by atoms with Gasteiger partial charge in [0, 0.05) is 13.1 Å². The van der Waals surface area contributed by atoms with Crippen molar-refractivity contribution in [3.63, 3.8) is 0 Å². The zero-order valence-electron chi connectivity index (χ0n) is 10.7. The van der Waals surface area contributed by atoms with Gasteiger partial charge in [0.05, 0.1) is 5.51 Å². The fourth-order valence-corrected chi connectivity index (χ4v) is 5.44. The van der Waals surface area contributed by atoms with Crippen LogP contribution in [0.1, 0.15) is 30.8 Å². The summed E-state index contributed by atoms with van der Waals surface area (Å²) in [4.78, 5) is 14.6. The molecule has 0 spiro atoms. The zero-order valence-corrected chi connectivity index (χ0v) is 12.4. The highest BCUT2D eigenvalue weighted by Gasteiger charge is 2.35. The molecule has 1 aromatic rings. The Balaban J connectivity index is 2.37. The molecule has 1 aliphatic heterocycles. The number of carboxylic acids is 1. The molecular weight excluding hydrogens is 288 g/mol. The van der Waals surface area contributed by atoms with Crippen LogP contribution in [0.5, 0.6) is 0 Å². The van der Waals surface area contributed by atoms with Crippen molar-refractivity contribution in [1.82, 2.24) is 9.29 Å². The van der Waals surface area contributed by atoms with E-state index in [0.29, 0.717) is 13.1 Å². The fourth-order valence-electron chi connectivity index (χ4n) is 2.48. The molecule has 1 N–H and O–H groups in total. The SMILES string of the molecule is CC1CC(C)CN(S(=O)(=O)c2scnc2C(=O)O)C1. The largest absolute Gasteiger partial charge is 0.476 e. The van der Waals surface area contributed by atoms with Crippen LogP contribution < -0.4 is 0 Å². The molecule has 0 radical (unpaired) electrons. The fraction of sp³-hybridized carbons (Fsp3) is 0.636. The second-order valence-corrected chi connectivity index (χ2v) is 8.05. The summed E-state index contributed by atoms with van der Waals surface area (Å²) >= 11 is 0.859. The monoisotopic (exact) mass is 304 g/mol. The van der Waals surface area contributed by atoms with E-state index in [1.54, 1.807) is 0 Å². The lowest BCUT2D eigenvalue weighted by molar-refractivity contribution is 0.0687. The Morgan fingerprint density at radius 3 is 2.53 bits per heavy atom. The average Bonchev–Trinajstić information content (AvgIpc) is 2.76. The summed E-state index contributed by atoms with van der Waals surface area (Å²) in [5.41, 5.74) is 0.878. The quantitative estimate of drug-likeness (QED) is 0.914. The number of rotatable bonds is 3. The molecule has 1 aromatic heterocycles. The number of hydrogen-bond acceptors (Lipinski definition) is 5. The lowest BCUT2D eigenvalue weighted by Crippen LogP contribution is -2.42. The van der Waals surface area contributed by atoms with Crippen molar-refractivity contribution < 1.29 is 18.3 Å². The van der Waals surface area contributed by atoms with Gasteiger partial charge in [0.1, 0.15) is 0 Å². The molecule has 1 aliphatic rings. The van der Waals surface area contributed by atoms with Crippen molar-refractivity contribution in [1.29, 1.82) is 0 Å². The predicted octanol–water partition coefficient (Wildman–Crippen LogP) is 1.51. The number of carbonyl (C=O) groups is 1. The molecule has 19 heavy (non-hydrogen) atoms. The van der Waals surface area contributed by atoms with Crippen molar-refractivity contribution in [2.45, 2.75) is 24.5 Å². The van der Waals surface area contributed by atoms with E-state index in [1.807, 2.05) is 13.8 Å². The van der Waals surface area contributed by atoms with Crippen LogP contribution in [-0.4, -0.2) is 41.9 Å². The highest BCUT2D eigenvalue weighted by atomic mass is 32.2. The highest BCUT2D eigenvalue weighted by Crippen LogP contribution is 2.29. The van der Waals surface area contributed by atoms with Gasteiger partial charge < -0.3 is 5.11 Å². The summed E-state index contributed by atoms with van der Waals surface area (Å²) in [6.07, 6.45) is 0.987. The van der Waals surface area contributed by atoms with Crippen LogP contribution >= 0.6 is 11.3 Å². The Hall–Kier alpha value is -0.990. The molecule has 2 unspecified atom stereocenters. The van der Waals surface area contributed by atoms with Crippen molar-refractivity contribution in [3.8, 4) is 0 Å². The Morgan fingerprint density at radius 2 is 2.00 bits per heavy atom. The molecule has 106 valence electrons. The van der Waals surface area contributed by atoms with Crippen molar-refractivity contribution >= 4 is 27.3 Å². The number of sulfonamides is 1. The third-order valence-corrected chi connectivity index (χ3v) is 6.33. The molecule has 8 heteroatoms. The van der Waals surface area contributed by atoms with Gasteiger partial charge in [0.15, 0.2) is 9.90 Å². The lowest BCUT2D eigenvalue weighted by atomic mass is 9.94. The van der Waals surface area contributed by atoms with Gasteiger partial charge in [0.2, 0.25) is 0 Å². The smallest absolute Gasteiger partial charge is 0.356 e. The number of carboxylic acid groups (broad SMARTS) is 1. The Labute approximate surface area is 116 Å². The maximum absolute atomic E-state index is 12.5. The molecule has 1 fully saturated rings. The van der Waals surface area contributed by atoms with Crippen LogP contribution in [0.3, 0.4) is 0 Å². The molecule has 0 aromatic carbocycles. The van der Waals surface area contributed by atoms with Crippen LogP contribution in [0.15, 0.2) is 9.72 Å². The molecule has 2 rings (SSSR count).